The molecule has 148 valence electrons. The fourth-order valence-electron chi connectivity index (χ4n) is 3.51. The molecule has 1 heterocycles. The number of nitrogens with zero attached hydrogens (tertiary/aromatic N) is 1. The number of rotatable bonds is 8. The number of unbranched alkanes of at least 4 members (excludes halogenated alkanes) is 2. The van der Waals surface area contributed by atoms with Gasteiger partial charge in [0.25, 0.3) is 0 Å². The first-order chi connectivity index (χ1) is 13.0. The molecule has 7 nitrogen and oxygen atoms in total. The Balaban J connectivity index is 2.23. The van der Waals surface area contributed by atoms with E-state index in [0.29, 0.717) is 19.4 Å². The summed E-state index contributed by atoms with van der Waals surface area (Å²) in [4.78, 5) is 37.7. The maximum Gasteiger partial charge on any atom is 0.407 e. The van der Waals surface area contributed by atoms with Crippen LogP contribution in [-0.2, 0) is 20.7 Å². The number of nitrogens with one attached hydrogen (secondary N) is 1. The number of amides is 2. The molecule has 0 bridgehead atoms. The first-order valence-electron chi connectivity index (χ1n) is 9.41. The van der Waals surface area contributed by atoms with Crippen LogP contribution in [-0.4, -0.2) is 42.8 Å². The number of hydrogen-bond acceptors (Lipinski definition) is 4. The maximum absolute atomic E-state index is 13.2. The van der Waals surface area contributed by atoms with Crippen LogP contribution in [0.3, 0.4) is 0 Å². The predicted molar refractivity (Wildman–Crippen MR) is 102 cm³/mol. The van der Waals surface area contributed by atoms with E-state index in [-0.39, 0.29) is 18.4 Å². The van der Waals surface area contributed by atoms with Gasteiger partial charge in [0.05, 0.1) is 19.6 Å². The molecule has 2 amide bonds. The van der Waals surface area contributed by atoms with Gasteiger partial charge in [-0.15, -0.1) is 0 Å². The number of anilines is 1. The fourth-order valence-corrected chi connectivity index (χ4v) is 3.51. The van der Waals surface area contributed by atoms with E-state index in [1.807, 2.05) is 24.3 Å². The molecule has 0 fully saturated rings. The topological polar surface area (TPSA) is 95.9 Å². The van der Waals surface area contributed by atoms with Crippen molar-refractivity contribution in [1.82, 2.24) is 5.32 Å². The lowest BCUT2D eigenvalue weighted by atomic mass is 9.92. The predicted octanol–water partition coefficient (Wildman–Crippen LogP) is 2.97. The van der Waals surface area contributed by atoms with Gasteiger partial charge in [-0.05, 0) is 24.5 Å². The van der Waals surface area contributed by atoms with Crippen molar-refractivity contribution >= 4 is 23.7 Å². The molecule has 0 radical (unpaired) electrons. The molecular formula is C20H28N2O5. The highest BCUT2D eigenvalue weighted by Gasteiger charge is 2.33. The Morgan fingerprint density at radius 1 is 1.30 bits per heavy atom. The van der Waals surface area contributed by atoms with Gasteiger partial charge in [-0.25, -0.2) is 4.79 Å². The molecule has 1 aromatic rings. The normalized spacial score (nSPS) is 17.0. The average molecular weight is 376 g/mol. The van der Waals surface area contributed by atoms with Crippen LogP contribution < -0.4 is 10.2 Å². The van der Waals surface area contributed by atoms with Crippen molar-refractivity contribution in [2.24, 2.45) is 5.92 Å². The van der Waals surface area contributed by atoms with Crippen LogP contribution in [0.5, 0.6) is 0 Å². The zero-order chi connectivity index (χ0) is 19.8. The largest absolute Gasteiger partial charge is 0.481 e. The molecule has 0 aromatic heterocycles. The molecule has 2 N–H and O–H groups in total. The molecule has 1 aliphatic heterocycles. The van der Waals surface area contributed by atoms with Gasteiger partial charge in [0.15, 0.2) is 0 Å². The molecule has 0 aliphatic carbocycles. The van der Waals surface area contributed by atoms with E-state index < -0.39 is 18.0 Å². The molecule has 7 heteroatoms. The summed E-state index contributed by atoms with van der Waals surface area (Å²) in [7, 11) is 1.30. The molecule has 0 spiro atoms. The van der Waals surface area contributed by atoms with Gasteiger partial charge in [-0.2, -0.15) is 0 Å². The molecule has 0 saturated carbocycles. The summed E-state index contributed by atoms with van der Waals surface area (Å²) in [5.74, 6) is -1.74. The van der Waals surface area contributed by atoms with E-state index in [0.717, 1.165) is 30.5 Å². The highest BCUT2D eigenvalue weighted by molar-refractivity contribution is 5.98. The molecule has 1 aromatic carbocycles. The number of fused-ring (bicyclic) bond motifs is 1. The van der Waals surface area contributed by atoms with Crippen LogP contribution in [0.1, 0.15) is 44.6 Å². The molecule has 0 saturated heterocycles. The lowest BCUT2D eigenvalue weighted by Crippen LogP contribution is -2.51. The van der Waals surface area contributed by atoms with Gasteiger partial charge in [-0.3, -0.25) is 9.59 Å². The first-order valence-corrected chi connectivity index (χ1v) is 9.41. The third kappa shape index (κ3) is 5.70. The molecule has 1 unspecified atom stereocenters. The van der Waals surface area contributed by atoms with E-state index in [4.69, 9.17) is 0 Å². The number of alkyl carbamates (subject to hydrolysis) is 1. The van der Waals surface area contributed by atoms with Crippen LogP contribution in [0.2, 0.25) is 0 Å². The number of carbonyl (C=O) groups is 3. The van der Waals surface area contributed by atoms with Crippen molar-refractivity contribution in [3.63, 3.8) is 0 Å². The number of para-hydroxylation sites is 1. The van der Waals surface area contributed by atoms with Crippen molar-refractivity contribution in [1.29, 1.82) is 0 Å². The number of methoxy groups -OCH3 is 1. The van der Waals surface area contributed by atoms with Crippen molar-refractivity contribution in [2.75, 3.05) is 18.6 Å². The molecule has 27 heavy (non-hydrogen) atoms. The minimum Gasteiger partial charge on any atom is -0.481 e. The van der Waals surface area contributed by atoms with Crippen molar-refractivity contribution < 1.29 is 24.2 Å². The third-order valence-electron chi connectivity index (χ3n) is 4.85. The lowest BCUT2D eigenvalue weighted by molar-refractivity contribution is -0.140. The van der Waals surface area contributed by atoms with Crippen LogP contribution in [0.4, 0.5) is 10.5 Å². The van der Waals surface area contributed by atoms with Gasteiger partial charge < -0.3 is 20.1 Å². The summed E-state index contributed by atoms with van der Waals surface area (Å²) < 4.78 is 4.67. The van der Waals surface area contributed by atoms with E-state index in [1.165, 1.54) is 7.11 Å². The highest BCUT2D eigenvalue weighted by Crippen LogP contribution is 2.30. The molecule has 1 aliphatic rings. The molecule has 2 atom stereocenters. The Kier molecular flexibility index (Phi) is 7.64. The minimum absolute atomic E-state index is 0.184. The summed E-state index contributed by atoms with van der Waals surface area (Å²) in [6.07, 6.45) is 3.20. The number of aliphatic carboxylic acids is 1. The van der Waals surface area contributed by atoms with Crippen LogP contribution in [0.25, 0.3) is 0 Å². The van der Waals surface area contributed by atoms with Crippen molar-refractivity contribution in [2.45, 2.75) is 51.5 Å². The Morgan fingerprint density at radius 2 is 2.04 bits per heavy atom. The van der Waals surface area contributed by atoms with Crippen LogP contribution in [0, 0.1) is 5.92 Å². The fraction of sp³-hybridized carbons (Fsp3) is 0.550. The quantitative estimate of drug-likeness (QED) is 0.680. The van der Waals surface area contributed by atoms with Crippen LogP contribution in [0.15, 0.2) is 24.3 Å². The monoisotopic (exact) mass is 376 g/mol. The number of carboxylic acids is 1. The Bertz CT molecular complexity index is 676. The zero-order valence-corrected chi connectivity index (χ0v) is 15.9. The van der Waals surface area contributed by atoms with Gasteiger partial charge >= 0.3 is 12.1 Å². The summed E-state index contributed by atoms with van der Waals surface area (Å²) in [6, 6.07) is 7.25. The van der Waals surface area contributed by atoms with Gasteiger partial charge in [0, 0.05) is 18.2 Å². The van der Waals surface area contributed by atoms with E-state index >= 15 is 0 Å². The smallest absolute Gasteiger partial charge is 0.407 e. The first kappa shape index (κ1) is 20.7. The van der Waals surface area contributed by atoms with E-state index in [2.05, 4.69) is 17.0 Å². The number of ether oxygens (including phenoxy) is 1. The maximum atomic E-state index is 13.2. The lowest BCUT2D eigenvalue weighted by Gasteiger charge is -2.36. The molecule has 2 rings (SSSR count). The number of hydrogen-bond donors (Lipinski definition) is 2. The minimum atomic E-state index is -0.973. The second-order valence-corrected chi connectivity index (χ2v) is 6.91. The molecular weight excluding hydrogens is 348 g/mol. The summed E-state index contributed by atoms with van der Waals surface area (Å²) in [6.45, 7) is 2.37. The zero-order valence-electron chi connectivity index (χ0n) is 15.9. The standard InChI is InChI=1S/C20H28N2O5/c1-3-4-5-9-15(12-18(23)24)19(25)22-13-16(21-20(26)27-2)11-14-8-6-7-10-17(14)22/h6-8,10,15-16H,3-5,9,11-13H2,1-2H3,(H,21,26)(H,23,24)/t15-,16?/m0/s1. The average Bonchev–Trinajstić information content (AvgIpc) is 2.65. The number of carbonyl (C=O) groups excluding carboxylic acids is 2. The summed E-state index contributed by atoms with van der Waals surface area (Å²) >= 11 is 0. The highest BCUT2D eigenvalue weighted by atomic mass is 16.5. The van der Waals surface area contributed by atoms with Gasteiger partial charge in [0.2, 0.25) is 5.91 Å². The van der Waals surface area contributed by atoms with Crippen molar-refractivity contribution in [3.8, 4) is 0 Å². The Morgan fingerprint density at radius 3 is 2.70 bits per heavy atom. The second-order valence-electron chi connectivity index (χ2n) is 6.91. The Hall–Kier alpha value is -2.57. The Labute approximate surface area is 159 Å². The number of carboxylic acid groups (broad SMARTS) is 1. The van der Waals surface area contributed by atoms with Crippen LogP contribution >= 0.6 is 0 Å². The van der Waals surface area contributed by atoms with Crippen molar-refractivity contribution in [3.05, 3.63) is 29.8 Å². The third-order valence-corrected chi connectivity index (χ3v) is 4.85. The van der Waals surface area contributed by atoms with E-state index in [1.54, 1.807) is 4.90 Å². The second kappa shape index (κ2) is 9.94. The summed E-state index contributed by atoms with van der Waals surface area (Å²) in [5.41, 5.74) is 1.73. The van der Waals surface area contributed by atoms with Gasteiger partial charge in [-0.1, -0.05) is 44.4 Å². The summed E-state index contributed by atoms with van der Waals surface area (Å²) in [5, 5.41) is 12.0. The SMILES string of the molecule is CCCCC[C@@H](CC(=O)O)C(=O)N1CC(NC(=O)OC)Cc2ccccc21. The van der Waals surface area contributed by atoms with Gasteiger partial charge in [0.1, 0.15) is 0 Å². The number of benzene rings is 1. The van der Waals surface area contributed by atoms with E-state index in [9.17, 15) is 19.5 Å².